The second kappa shape index (κ2) is 11.4. The minimum Gasteiger partial charge on any atom is -0.392 e. The number of unbranched alkanes of at least 4 members (excludes halogenated alkanes) is 10. The van der Waals surface area contributed by atoms with Gasteiger partial charge in [-0.15, -0.1) is 0 Å². The molecular formula is C34H52O6. The molecule has 0 aromatic heterocycles. The summed E-state index contributed by atoms with van der Waals surface area (Å²) in [5, 5.41) is 22.2. The SMILES string of the molecule is C=C(C)[C@]12C[C@@H](C)[C@@]34O[C@](CCCCCCCCCCCCC)(O[C@@H]1[C@@H]3C=C(CO)C[C@]1(O)C(=O)C(C)=C[C@@H]41)O2. The van der Waals surface area contributed by atoms with Crippen LogP contribution in [-0.2, 0) is 19.0 Å². The first-order valence-electron chi connectivity index (χ1n) is 16.1. The highest BCUT2D eigenvalue weighted by atomic mass is 16.9. The van der Waals surface area contributed by atoms with E-state index in [2.05, 4.69) is 20.4 Å². The second-order valence-corrected chi connectivity index (χ2v) is 13.6. The van der Waals surface area contributed by atoms with E-state index in [0.717, 1.165) is 18.4 Å². The van der Waals surface area contributed by atoms with Crippen molar-refractivity contribution in [3.63, 3.8) is 0 Å². The summed E-state index contributed by atoms with van der Waals surface area (Å²) in [6.45, 7) is 12.3. The van der Waals surface area contributed by atoms with E-state index in [0.29, 0.717) is 24.0 Å². The number of carbonyl (C=O) groups is 1. The van der Waals surface area contributed by atoms with Crippen molar-refractivity contribution < 1.29 is 29.2 Å². The van der Waals surface area contributed by atoms with Crippen LogP contribution < -0.4 is 0 Å². The average Bonchev–Trinajstić information content (AvgIpc) is 3.23. The second-order valence-electron chi connectivity index (χ2n) is 13.6. The van der Waals surface area contributed by atoms with E-state index >= 15 is 0 Å². The van der Waals surface area contributed by atoms with Crippen LogP contribution in [0.2, 0.25) is 0 Å². The van der Waals surface area contributed by atoms with Gasteiger partial charge in [0.15, 0.2) is 5.78 Å². The lowest BCUT2D eigenvalue weighted by molar-refractivity contribution is -0.424. The monoisotopic (exact) mass is 556 g/mol. The standard InChI is InChI=1S/C34H52O6/c1-6-7-8-9-10-11-12-13-14-15-16-17-33-38-30-27-19-26(22-35)21-31(37)28(18-24(4)29(31)36)34(27,40-33)25(5)20-32(30,39-33)23(2)3/h18-19,25,27-28,30,35,37H,2,6-17,20-22H2,1,3-5H3/t25-,27+,28-,30-,31-,32-,33-,34-/m1/s1. The van der Waals surface area contributed by atoms with Crippen LogP contribution in [0.1, 0.15) is 118 Å². The van der Waals surface area contributed by atoms with Gasteiger partial charge in [0.2, 0.25) is 0 Å². The Labute approximate surface area is 241 Å². The molecule has 8 atom stereocenters. The molecule has 3 aliphatic carbocycles. The van der Waals surface area contributed by atoms with Gasteiger partial charge in [-0.1, -0.05) is 96.8 Å². The number of rotatable bonds is 14. The molecule has 2 heterocycles. The molecular weight excluding hydrogens is 504 g/mol. The van der Waals surface area contributed by atoms with Crippen LogP contribution in [-0.4, -0.2) is 51.5 Å². The Morgan fingerprint density at radius 3 is 2.25 bits per heavy atom. The van der Waals surface area contributed by atoms with Crippen LogP contribution in [0.25, 0.3) is 0 Å². The summed E-state index contributed by atoms with van der Waals surface area (Å²) in [7, 11) is 0. The molecule has 0 unspecified atom stereocenters. The van der Waals surface area contributed by atoms with Crippen LogP contribution in [0.15, 0.2) is 35.5 Å². The molecule has 3 fully saturated rings. The summed E-state index contributed by atoms with van der Waals surface area (Å²) < 4.78 is 20.7. The van der Waals surface area contributed by atoms with Crippen molar-refractivity contribution in [1.29, 1.82) is 0 Å². The van der Waals surface area contributed by atoms with Crippen molar-refractivity contribution in [2.45, 2.75) is 146 Å². The fourth-order valence-electron chi connectivity index (χ4n) is 8.71. The summed E-state index contributed by atoms with van der Waals surface area (Å²) >= 11 is 0. The summed E-state index contributed by atoms with van der Waals surface area (Å²) in [6, 6.07) is 0. The zero-order valence-electron chi connectivity index (χ0n) is 25.3. The molecule has 0 radical (unpaired) electrons. The molecule has 40 heavy (non-hydrogen) atoms. The Morgan fingerprint density at radius 2 is 1.65 bits per heavy atom. The highest BCUT2D eigenvalue weighted by Crippen LogP contribution is 2.68. The number of aliphatic hydroxyl groups excluding tert-OH is 1. The van der Waals surface area contributed by atoms with Crippen molar-refractivity contribution in [1.82, 2.24) is 0 Å². The first-order valence-corrected chi connectivity index (χ1v) is 16.1. The van der Waals surface area contributed by atoms with E-state index in [9.17, 15) is 15.0 Å². The number of carbonyl (C=O) groups excluding carboxylic acids is 1. The maximum absolute atomic E-state index is 13.4. The Bertz CT molecular complexity index is 1050. The lowest BCUT2D eigenvalue weighted by Gasteiger charge is -2.59. The van der Waals surface area contributed by atoms with Gasteiger partial charge in [0.1, 0.15) is 17.3 Å². The van der Waals surface area contributed by atoms with Gasteiger partial charge in [-0.2, -0.15) is 0 Å². The highest BCUT2D eigenvalue weighted by molar-refractivity contribution is 6.04. The molecule has 5 aliphatic rings. The van der Waals surface area contributed by atoms with Crippen molar-refractivity contribution in [2.24, 2.45) is 17.8 Å². The third kappa shape index (κ3) is 4.70. The van der Waals surface area contributed by atoms with E-state index < -0.39 is 28.7 Å². The normalized spacial score (nSPS) is 41.4. The van der Waals surface area contributed by atoms with Gasteiger partial charge < -0.3 is 24.4 Å². The van der Waals surface area contributed by atoms with Gasteiger partial charge in [0, 0.05) is 24.7 Å². The van der Waals surface area contributed by atoms with Gasteiger partial charge >= 0.3 is 0 Å². The van der Waals surface area contributed by atoms with E-state index in [1.807, 2.05) is 19.1 Å². The maximum atomic E-state index is 13.4. The van der Waals surface area contributed by atoms with Crippen molar-refractivity contribution in [3.8, 4) is 0 Å². The predicted octanol–water partition coefficient (Wildman–Crippen LogP) is 6.70. The topological polar surface area (TPSA) is 85.2 Å². The van der Waals surface area contributed by atoms with E-state index in [4.69, 9.17) is 14.2 Å². The largest absolute Gasteiger partial charge is 0.392 e. The Morgan fingerprint density at radius 1 is 1.02 bits per heavy atom. The van der Waals surface area contributed by atoms with Crippen molar-refractivity contribution in [3.05, 3.63) is 35.5 Å². The van der Waals surface area contributed by atoms with E-state index in [-0.39, 0.29) is 36.8 Å². The van der Waals surface area contributed by atoms with E-state index in [1.54, 1.807) is 6.92 Å². The molecule has 0 spiro atoms. The quantitative estimate of drug-likeness (QED) is 0.183. The fraction of sp³-hybridized carbons (Fsp3) is 0.794. The number of aliphatic hydroxyl groups is 2. The lowest BCUT2D eigenvalue weighted by Crippen LogP contribution is -2.70. The summed E-state index contributed by atoms with van der Waals surface area (Å²) in [5.41, 5.74) is -1.10. The fourth-order valence-corrected chi connectivity index (χ4v) is 8.71. The van der Waals surface area contributed by atoms with Crippen molar-refractivity contribution >= 4 is 5.78 Å². The lowest BCUT2D eigenvalue weighted by atomic mass is 9.55. The Hall–Kier alpha value is -1.31. The number of ether oxygens (including phenoxy) is 3. The van der Waals surface area contributed by atoms with Crippen LogP contribution in [0.3, 0.4) is 0 Å². The van der Waals surface area contributed by atoms with Crippen LogP contribution in [0.5, 0.6) is 0 Å². The minimum atomic E-state index is -1.64. The molecule has 6 heteroatoms. The summed E-state index contributed by atoms with van der Waals surface area (Å²) in [4.78, 5) is 13.4. The average molecular weight is 557 g/mol. The minimum absolute atomic E-state index is 0.0330. The zero-order valence-corrected chi connectivity index (χ0v) is 25.3. The molecule has 0 aromatic rings. The molecule has 5 rings (SSSR count). The molecule has 2 aliphatic heterocycles. The number of hydrogen-bond acceptors (Lipinski definition) is 6. The summed E-state index contributed by atoms with van der Waals surface area (Å²) in [5.74, 6) is -2.35. The molecule has 3 bridgehead atoms. The first kappa shape index (κ1) is 30.2. The first-order chi connectivity index (χ1) is 19.1. The Kier molecular flexibility index (Phi) is 8.60. The van der Waals surface area contributed by atoms with Gasteiger partial charge in [-0.05, 0) is 49.3 Å². The highest BCUT2D eigenvalue weighted by Gasteiger charge is 2.78. The number of fused-ring (bicyclic) bond motifs is 2. The van der Waals surface area contributed by atoms with Gasteiger partial charge in [-0.25, -0.2) is 0 Å². The van der Waals surface area contributed by atoms with Gasteiger partial charge in [-0.3, -0.25) is 4.79 Å². The maximum Gasteiger partial charge on any atom is 0.284 e. The van der Waals surface area contributed by atoms with Crippen LogP contribution >= 0.6 is 0 Å². The smallest absolute Gasteiger partial charge is 0.284 e. The van der Waals surface area contributed by atoms with Crippen LogP contribution in [0, 0.1) is 17.8 Å². The van der Waals surface area contributed by atoms with E-state index in [1.165, 1.54) is 57.8 Å². The molecule has 6 nitrogen and oxygen atoms in total. The van der Waals surface area contributed by atoms with Crippen LogP contribution in [0.4, 0.5) is 0 Å². The molecule has 0 aromatic carbocycles. The predicted molar refractivity (Wildman–Crippen MR) is 155 cm³/mol. The molecule has 1 saturated carbocycles. The third-order valence-electron chi connectivity index (χ3n) is 10.8. The van der Waals surface area contributed by atoms with Gasteiger partial charge in [0.25, 0.3) is 5.97 Å². The molecule has 2 N–H and O–H groups in total. The third-order valence-corrected chi connectivity index (χ3v) is 10.8. The molecule has 2 saturated heterocycles. The molecule has 0 amide bonds. The number of hydrogen-bond donors (Lipinski definition) is 2. The number of Topliss-reactive ketones (excluding diaryl/α,β-unsaturated/α-hetero) is 1. The molecule has 224 valence electrons. The van der Waals surface area contributed by atoms with Gasteiger partial charge in [0.05, 0.1) is 12.2 Å². The Balaban J connectivity index is 1.34. The zero-order chi connectivity index (χ0) is 28.8. The number of ketones is 1. The van der Waals surface area contributed by atoms with Crippen molar-refractivity contribution in [2.75, 3.05) is 6.61 Å². The summed E-state index contributed by atoms with van der Waals surface area (Å²) in [6.07, 6.45) is 18.8.